The number of aryl methyl sites for hydroxylation is 2. The standard InChI is InChI=1S/C26H28ClN3O7S/c1-18-9-11-22(16-23(18)30(32)33)38(34,35)29(24-15-20(27)10-12-25(24)37-3)17-26(31)28-13-5-7-19-6-4-8-21(14-19)36-2/h4,6,8-12,14-16H,5,7,13,17H2,1-3H3,(H,28,31). The molecule has 10 nitrogen and oxygen atoms in total. The van der Waals surface area contributed by atoms with Crippen molar-refractivity contribution in [1.82, 2.24) is 5.32 Å². The van der Waals surface area contributed by atoms with E-state index in [0.29, 0.717) is 24.9 Å². The smallest absolute Gasteiger partial charge is 0.273 e. The summed E-state index contributed by atoms with van der Waals surface area (Å²) in [6.45, 7) is 1.21. The van der Waals surface area contributed by atoms with Crippen molar-refractivity contribution in [2.75, 3.05) is 31.6 Å². The molecule has 38 heavy (non-hydrogen) atoms. The van der Waals surface area contributed by atoms with Crippen LogP contribution >= 0.6 is 11.6 Å². The van der Waals surface area contributed by atoms with Crippen LogP contribution in [0.2, 0.25) is 5.02 Å². The molecule has 0 radical (unpaired) electrons. The van der Waals surface area contributed by atoms with Crippen LogP contribution in [0.15, 0.2) is 65.6 Å². The van der Waals surface area contributed by atoms with E-state index in [-0.39, 0.29) is 27.0 Å². The minimum atomic E-state index is -4.44. The van der Waals surface area contributed by atoms with E-state index in [0.717, 1.165) is 21.7 Å². The van der Waals surface area contributed by atoms with E-state index in [1.54, 1.807) is 7.11 Å². The Morgan fingerprint density at radius 1 is 1.08 bits per heavy atom. The maximum atomic E-state index is 13.7. The van der Waals surface area contributed by atoms with Gasteiger partial charge in [0.25, 0.3) is 15.7 Å². The van der Waals surface area contributed by atoms with Crippen molar-refractivity contribution in [3.63, 3.8) is 0 Å². The zero-order valence-electron chi connectivity index (χ0n) is 21.1. The second-order valence-electron chi connectivity index (χ2n) is 8.34. The van der Waals surface area contributed by atoms with Crippen LogP contribution in [0.1, 0.15) is 17.5 Å². The number of hydrogen-bond acceptors (Lipinski definition) is 7. The summed E-state index contributed by atoms with van der Waals surface area (Å²) in [4.78, 5) is 23.3. The van der Waals surface area contributed by atoms with Crippen molar-refractivity contribution in [2.45, 2.75) is 24.7 Å². The Labute approximate surface area is 226 Å². The van der Waals surface area contributed by atoms with Crippen molar-refractivity contribution in [3.8, 4) is 11.5 Å². The Kier molecular flexibility index (Phi) is 9.54. The Morgan fingerprint density at radius 3 is 2.53 bits per heavy atom. The second kappa shape index (κ2) is 12.6. The van der Waals surface area contributed by atoms with Crippen molar-refractivity contribution < 1.29 is 27.6 Å². The molecule has 0 aliphatic heterocycles. The van der Waals surface area contributed by atoms with Crippen LogP contribution in [-0.4, -0.2) is 46.6 Å². The molecular formula is C26H28ClN3O7S. The third-order valence-corrected chi connectivity index (χ3v) is 7.75. The minimum absolute atomic E-state index is 0.0229. The molecule has 0 aliphatic rings. The highest BCUT2D eigenvalue weighted by Crippen LogP contribution is 2.35. The predicted molar refractivity (Wildman–Crippen MR) is 145 cm³/mol. The fourth-order valence-electron chi connectivity index (χ4n) is 3.77. The summed E-state index contributed by atoms with van der Waals surface area (Å²) in [5.41, 5.74) is 1.00. The number of sulfonamides is 1. The van der Waals surface area contributed by atoms with Gasteiger partial charge in [-0.3, -0.25) is 19.2 Å². The average molecular weight is 562 g/mol. The van der Waals surface area contributed by atoms with E-state index in [2.05, 4.69) is 5.32 Å². The number of hydrogen-bond donors (Lipinski definition) is 1. The Balaban J connectivity index is 1.85. The number of rotatable bonds is 12. The fraction of sp³-hybridized carbons (Fsp3) is 0.269. The van der Waals surface area contributed by atoms with Gasteiger partial charge in [0, 0.05) is 23.2 Å². The number of amides is 1. The minimum Gasteiger partial charge on any atom is -0.497 e. The Hall–Kier alpha value is -3.83. The van der Waals surface area contributed by atoms with Gasteiger partial charge in [0.2, 0.25) is 5.91 Å². The van der Waals surface area contributed by atoms with Crippen molar-refractivity contribution in [2.24, 2.45) is 0 Å². The van der Waals surface area contributed by atoms with Gasteiger partial charge in [-0.1, -0.05) is 29.8 Å². The van der Waals surface area contributed by atoms with Gasteiger partial charge < -0.3 is 14.8 Å². The highest BCUT2D eigenvalue weighted by molar-refractivity contribution is 7.92. The summed E-state index contributed by atoms with van der Waals surface area (Å²) in [5.74, 6) is 0.326. The molecule has 3 rings (SSSR count). The molecule has 1 amide bonds. The van der Waals surface area contributed by atoms with Crippen LogP contribution in [-0.2, 0) is 21.2 Å². The number of carbonyl (C=O) groups is 1. The van der Waals surface area contributed by atoms with Gasteiger partial charge in [0.1, 0.15) is 18.0 Å². The van der Waals surface area contributed by atoms with E-state index in [1.807, 2.05) is 24.3 Å². The topological polar surface area (TPSA) is 128 Å². The number of benzene rings is 3. The summed E-state index contributed by atoms with van der Waals surface area (Å²) in [6, 6.07) is 15.5. The molecule has 0 aromatic heterocycles. The number of nitro benzene ring substituents is 1. The maximum Gasteiger partial charge on any atom is 0.273 e. The highest BCUT2D eigenvalue weighted by Gasteiger charge is 2.31. The first-order valence-corrected chi connectivity index (χ1v) is 13.4. The molecule has 0 aliphatic carbocycles. The van der Waals surface area contributed by atoms with Crippen LogP contribution in [0.25, 0.3) is 0 Å². The summed E-state index contributed by atoms with van der Waals surface area (Å²) < 4.78 is 38.8. The van der Waals surface area contributed by atoms with Crippen molar-refractivity contribution in [3.05, 3.63) is 86.9 Å². The molecule has 3 aromatic carbocycles. The summed E-state index contributed by atoms with van der Waals surface area (Å²) >= 11 is 6.14. The monoisotopic (exact) mass is 561 g/mol. The van der Waals surface area contributed by atoms with Gasteiger partial charge >= 0.3 is 0 Å². The van der Waals surface area contributed by atoms with Crippen molar-refractivity contribution >= 4 is 38.9 Å². The summed E-state index contributed by atoms with van der Waals surface area (Å²) in [7, 11) is -1.50. The third kappa shape index (κ3) is 6.93. The number of halogens is 1. The molecule has 0 saturated carbocycles. The maximum absolute atomic E-state index is 13.7. The zero-order valence-corrected chi connectivity index (χ0v) is 22.7. The lowest BCUT2D eigenvalue weighted by atomic mass is 10.1. The molecule has 0 heterocycles. The summed E-state index contributed by atoms with van der Waals surface area (Å²) in [6.07, 6.45) is 1.28. The lowest BCUT2D eigenvalue weighted by Crippen LogP contribution is -2.41. The van der Waals surface area contributed by atoms with Crippen LogP contribution in [0.3, 0.4) is 0 Å². The molecule has 0 spiro atoms. The van der Waals surface area contributed by atoms with Crippen LogP contribution in [0.5, 0.6) is 11.5 Å². The molecule has 1 N–H and O–H groups in total. The number of carbonyl (C=O) groups excluding carboxylic acids is 1. The first kappa shape index (κ1) is 28.7. The molecular weight excluding hydrogens is 534 g/mol. The predicted octanol–water partition coefficient (Wildman–Crippen LogP) is 4.52. The van der Waals surface area contributed by atoms with E-state index in [4.69, 9.17) is 21.1 Å². The van der Waals surface area contributed by atoms with Gasteiger partial charge in [0.05, 0.1) is 29.7 Å². The molecule has 12 heteroatoms. The molecule has 0 atom stereocenters. The second-order valence-corrected chi connectivity index (χ2v) is 10.6. The Bertz CT molecular complexity index is 1430. The molecule has 0 unspecified atom stereocenters. The third-order valence-electron chi connectivity index (χ3n) is 5.76. The van der Waals surface area contributed by atoms with E-state index >= 15 is 0 Å². The summed E-state index contributed by atoms with van der Waals surface area (Å²) in [5, 5.41) is 14.4. The number of nitrogens with zero attached hydrogens (tertiary/aromatic N) is 2. The van der Waals surface area contributed by atoms with Crippen LogP contribution in [0, 0.1) is 17.0 Å². The normalized spacial score (nSPS) is 11.1. The first-order chi connectivity index (χ1) is 18.1. The van der Waals surface area contributed by atoms with E-state index in [9.17, 15) is 23.3 Å². The number of anilines is 1. The molecule has 3 aromatic rings. The SMILES string of the molecule is COc1cccc(CCCNC(=O)CN(c2cc(Cl)ccc2OC)S(=O)(=O)c2ccc(C)c([N+](=O)[O-])c2)c1. The molecule has 0 saturated heterocycles. The van der Waals surface area contributed by atoms with Gasteiger partial charge in [-0.25, -0.2) is 8.42 Å². The quantitative estimate of drug-likeness (QED) is 0.195. The number of nitro groups is 1. The highest BCUT2D eigenvalue weighted by atomic mass is 35.5. The van der Waals surface area contributed by atoms with E-state index in [1.165, 1.54) is 44.4 Å². The van der Waals surface area contributed by atoms with Crippen molar-refractivity contribution in [1.29, 1.82) is 0 Å². The molecule has 0 bridgehead atoms. The fourth-order valence-corrected chi connectivity index (χ4v) is 5.38. The van der Waals surface area contributed by atoms with E-state index < -0.39 is 27.4 Å². The number of nitrogens with one attached hydrogen (secondary N) is 1. The lowest BCUT2D eigenvalue weighted by Gasteiger charge is -2.26. The number of ether oxygens (including phenoxy) is 2. The number of methoxy groups -OCH3 is 2. The van der Waals surface area contributed by atoms with Gasteiger partial charge in [-0.15, -0.1) is 0 Å². The van der Waals surface area contributed by atoms with Crippen LogP contribution < -0.4 is 19.1 Å². The lowest BCUT2D eigenvalue weighted by molar-refractivity contribution is -0.385. The van der Waals surface area contributed by atoms with Gasteiger partial charge in [0.15, 0.2) is 0 Å². The van der Waals surface area contributed by atoms with Gasteiger partial charge in [-0.2, -0.15) is 0 Å². The first-order valence-electron chi connectivity index (χ1n) is 11.6. The zero-order chi connectivity index (χ0) is 27.9. The largest absolute Gasteiger partial charge is 0.497 e. The van der Waals surface area contributed by atoms with Crippen LogP contribution in [0.4, 0.5) is 11.4 Å². The molecule has 0 fully saturated rings. The molecule has 202 valence electrons. The Morgan fingerprint density at radius 2 is 1.84 bits per heavy atom. The average Bonchev–Trinajstić information content (AvgIpc) is 2.89. The van der Waals surface area contributed by atoms with Gasteiger partial charge in [-0.05, 0) is 61.7 Å².